The van der Waals surface area contributed by atoms with Gasteiger partial charge in [-0.3, -0.25) is 4.79 Å². The topological polar surface area (TPSA) is 69.6 Å². The first-order valence-electron chi connectivity index (χ1n) is 5.55. The molecule has 0 saturated heterocycles. The Labute approximate surface area is 96.8 Å². The van der Waals surface area contributed by atoms with Crippen molar-refractivity contribution < 1.29 is 14.7 Å². The molecule has 2 amide bonds. The van der Waals surface area contributed by atoms with Gasteiger partial charge in [0.05, 0.1) is 5.92 Å². The molecule has 2 N–H and O–H groups in total. The van der Waals surface area contributed by atoms with Crippen LogP contribution in [-0.2, 0) is 4.79 Å². The van der Waals surface area contributed by atoms with Crippen molar-refractivity contribution in [2.24, 2.45) is 5.92 Å². The minimum Gasteiger partial charge on any atom is -0.481 e. The number of carboxylic acids is 1. The largest absolute Gasteiger partial charge is 0.481 e. The molecule has 0 heterocycles. The zero-order valence-corrected chi connectivity index (χ0v) is 10.5. The summed E-state index contributed by atoms with van der Waals surface area (Å²) in [6.45, 7) is 3.62. The van der Waals surface area contributed by atoms with E-state index in [-0.39, 0.29) is 18.0 Å². The van der Waals surface area contributed by atoms with Crippen molar-refractivity contribution in [3.05, 3.63) is 0 Å². The maximum Gasteiger partial charge on any atom is 0.317 e. The van der Waals surface area contributed by atoms with Crippen molar-refractivity contribution in [1.29, 1.82) is 0 Å². The molecule has 0 radical (unpaired) electrons. The Morgan fingerprint density at radius 3 is 2.25 bits per heavy atom. The minimum atomic E-state index is -0.759. The van der Waals surface area contributed by atoms with Crippen LogP contribution in [0.15, 0.2) is 0 Å². The molecule has 16 heavy (non-hydrogen) atoms. The Morgan fingerprint density at radius 1 is 1.25 bits per heavy atom. The van der Waals surface area contributed by atoms with Gasteiger partial charge in [0, 0.05) is 20.1 Å². The van der Waals surface area contributed by atoms with Gasteiger partial charge in [0.15, 0.2) is 0 Å². The molecule has 0 fully saturated rings. The van der Waals surface area contributed by atoms with Gasteiger partial charge in [-0.2, -0.15) is 0 Å². The Hall–Kier alpha value is -1.26. The van der Waals surface area contributed by atoms with Crippen LogP contribution >= 0.6 is 0 Å². The number of nitrogens with one attached hydrogen (secondary N) is 1. The fourth-order valence-corrected chi connectivity index (χ4v) is 1.27. The lowest BCUT2D eigenvalue weighted by Gasteiger charge is -2.18. The van der Waals surface area contributed by atoms with Crippen LogP contribution in [0.4, 0.5) is 4.79 Å². The second kappa shape index (κ2) is 7.09. The predicted octanol–water partition coefficient (Wildman–Crippen LogP) is 1.54. The van der Waals surface area contributed by atoms with Crippen LogP contribution in [0.3, 0.4) is 0 Å². The van der Waals surface area contributed by atoms with E-state index in [0.29, 0.717) is 6.42 Å². The summed E-state index contributed by atoms with van der Waals surface area (Å²) in [6.07, 6.45) is 2.26. The quantitative estimate of drug-likeness (QED) is 0.727. The van der Waals surface area contributed by atoms with Gasteiger partial charge < -0.3 is 15.3 Å². The molecule has 0 rings (SSSR count). The van der Waals surface area contributed by atoms with E-state index in [1.54, 1.807) is 21.0 Å². The molecule has 0 aliphatic heterocycles. The van der Waals surface area contributed by atoms with Crippen molar-refractivity contribution in [2.45, 2.75) is 39.2 Å². The maximum atomic E-state index is 11.3. The molecule has 0 aliphatic carbocycles. The Morgan fingerprint density at radius 2 is 1.81 bits per heavy atom. The zero-order valence-electron chi connectivity index (χ0n) is 10.5. The SMILES string of the molecule is CC(CCCC(C)C(=O)O)NC(=O)N(C)C. The van der Waals surface area contributed by atoms with Crippen molar-refractivity contribution in [1.82, 2.24) is 10.2 Å². The number of carbonyl (C=O) groups is 2. The van der Waals surface area contributed by atoms with Crippen molar-refractivity contribution >= 4 is 12.0 Å². The molecule has 5 heteroatoms. The molecular weight excluding hydrogens is 208 g/mol. The zero-order chi connectivity index (χ0) is 12.7. The fraction of sp³-hybridized carbons (Fsp3) is 0.818. The van der Waals surface area contributed by atoms with Crippen molar-refractivity contribution in [3.63, 3.8) is 0 Å². The fourth-order valence-electron chi connectivity index (χ4n) is 1.27. The van der Waals surface area contributed by atoms with Crippen molar-refractivity contribution in [3.8, 4) is 0 Å². The monoisotopic (exact) mass is 230 g/mol. The second-order valence-corrected chi connectivity index (χ2v) is 4.42. The molecule has 2 atom stereocenters. The summed E-state index contributed by atoms with van der Waals surface area (Å²) in [5.74, 6) is -1.07. The van der Waals surface area contributed by atoms with Crippen LogP contribution in [0, 0.1) is 5.92 Å². The Bertz CT molecular complexity index is 241. The van der Waals surface area contributed by atoms with Gasteiger partial charge in [-0.05, 0) is 19.8 Å². The van der Waals surface area contributed by atoms with E-state index in [9.17, 15) is 9.59 Å². The lowest BCUT2D eigenvalue weighted by molar-refractivity contribution is -0.141. The lowest BCUT2D eigenvalue weighted by atomic mass is 10.0. The molecule has 0 saturated carbocycles. The first-order valence-corrected chi connectivity index (χ1v) is 5.55. The normalized spacial score (nSPS) is 14.0. The third kappa shape index (κ3) is 6.27. The summed E-state index contributed by atoms with van der Waals surface area (Å²) in [6, 6.07) is -0.0327. The number of amides is 2. The van der Waals surface area contributed by atoms with Gasteiger partial charge in [0.25, 0.3) is 0 Å². The van der Waals surface area contributed by atoms with Gasteiger partial charge in [-0.1, -0.05) is 13.3 Å². The molecule has 2 unspecified atom stereocenters. The number of carboxylic acid groups (broad SMARTS) is 1. The lowest BCUT2D eigenvalue weighted by Crippen LogP contribution is -2.40. The van der Waals surface area contributed by atoms with Crippen LogP contribution in [0.5, 0.6) is 0 Å². The standard InChI is InChI=1S/C11H22N2O3/c1-8(10(14)15)6-5-7-9(2)12-11(16)13(3)4/h8-9H,5-7H2,1-4H3,(H,12,16)(H,14,15). The van der Waals surface area contributed by atoms with E-state index in [1.165, 1.54) is 4.90 Å². The molecule has 0 bridgehead atoms. The Kier molecular flexibility index (Phi) is 6.53. The summed E-state index contributed by atoms with van der Waals surface area (Å²) in [5, 5.41) is 11.5. The molecule has 0 aromatic rings. The van der Waals surface area contributed by atoms with E-state index in [0.717, 1.165) is 12.8 Å². The highest BCUT2D eigenvalue weighted by molar-refractivity contribution is 5.73. The van der Waals surface area contributed by atoms with Gasteiger partial charge >= 0.3 is 12.0 Å². The van der Waals surface area contributed by atoms with Gasteiger partial charge in [-0.25, -0.2) is 4.79 Å². The van der Waals surface area contributed by atoms with Gasteiger partial charge in [0.2, 0.25) is 0 Å². The average Bonchev–Trinajstić information content (AvgIpc) is 2.16. The number of rotatable bonds is 6. The second-order valence-electron chi connectivity index (χ2n) is 4.42. The highest BCUT2D eigenvalue weighted by atomic mass is 16.4. The molecule has 94 valence electrons. The van der Waals surface area contributed by atoms with E-state index in [4.69, 9.17) is 5.11 Å². The van der Waals surface area contributed by atoms with E-state index in [1.807, 2.05) is 6.92 Å². The summed E-state index contributed by atoms with van der Waals surface area (Å²) in [7, 11) is 3.38. The molecule has 0 aliphatic rings. The van der Waals surface area contributed by atoms with E-state index >= 15 is 0 Å². The molecule has 0 spiro atoms. The van der Waals surface area contributed by atoms with Crippen LogP contribution in [0.25, 0.3) is 0 Å². The van der Waals surface area contributed by atoms with Crippen LogP contribution < -0.4 is 5.32 Å². The molecular formula is C11H22N2O3. The minimum absolute atomic E-state index is 0.0795. The third-order valence-electron chi connectivity index (χ3n) is 2.47. The van der Waals surface area contributed by atoms with Crippen LogP contribution in [-0.4, -0.2) is 42.1 Å². The van der Waals surface area contributed by atoms with Crippen LogP contribution in [0.1, 0.15) is 33.1 Å². The molecule has 0 aromatic carbocycles. The van der Waals surface area contributed by atoms with E-state index < -0.39 is 5.97 Å². The van der Waals surface area contributed by atoms with Gasteiger partial charge in [-0.15, -0.1) is 0 Å². The highest BCUT2D eigenvalue weighted by Crippen LogP contribution is 2.09. The number of carbonyl (C=O) groups excluding carboxylic acids is 1. The number of nitrogens with zero attached hydrogens (tertiary/aromatic N) is 1. The number of aliphatic carboxylic acids is 1. The smallest absolute Gasteiger partial charge is 0.317 e. The van der Waals surface area contributed by atoms with Gasteiger partial charge in [0.1, 0.15) is 0 Å². The highest BCUT2D eigenvalue weighted by Gasteiger charge is 2.12. The molecule has 5 nitrogen and oxygen atoms in total. The summed E-state index contributed by atoms with van der Waals surface area (Å²) < 4.78 is 0. The number of hydrogen-bond donors (Lipinski definition) is 2. The number of urea groups is 1. The van der Waals surface area contributed by atoms with Crippen LogP contribution in [0.2, 0.25) is 0 Å². The summed E-state index contributed by atoms with van der Waals surface area (Å²) >= 11 is 0. The number of hydrogen-bond acceptors (Lipinski definition) is 2. The first-order chi connectivity index (χ1) is 7.34. The summed E-state index contributed by atoms with van der Waals surface area (Å²) in [4.78, 5) is 23.3. The first kappa shape index (κ1) is 14.7. The Balaban J connectivity index is 3.70. The third-order valence-corrected chi connectivity index (χ3v) is 2.47. The summed E-state index contributed by atoms with van der Waals surface area (Å²) in [5.41, 5.74) is 0. The average molecular weight is 230 g/mol. The van der Waals surface area contributed by atoms with E-state index in [2.05, 4.69) is 5.32 Å². The van der Waals surface area contributed by atoms with Crippen molar-refractivity contribution in [2.75, 3.05) is 14.1 Å². The maximum absolute atomic E-state index is 11.3. The molecule has 0 aromatic heterocycles. The predicted molar refractivity (Wildman–Crippen MR) is 62.3 cm³/mol.